The van der Waals surface area contributed by atoms with E-state index in [2.05, 4.69) is 22.0 Å². The van der Waals surface area contributed by atoms with E-state index in [9.17, 15) is 5.11 Å². The molecule has 0 saturated heterocycles. The number of aliphatic hydroxyl groups excluding tert-OH is 1. The summed E-state index contributed by atoms with van der Waals surface area (Å²) in [6, 6.07) is -0.0707. The molecule has 6 nitrogen and oxygen atoms in total. The Kier molecular flexibility index (Phi) is 4.89. The van der Waals surface area contributed by atoms with Crippen LogP contribution in [0.1, 0.15) is 52.0 Å². The molecule has 0 fully saturated rings. The quantitative estimate of drug-likeness (QED) is 0.758. The molecular weight excluding hydrogens is 254 g/mol. The molecule has 0 aliphatic carbocycles. The van der Waals surface area contributed by atoms with Gasteiger partial charge < -0.3 is 10.8 Å². The van der Waals surface area contributed by atoms with Crippen LogP contribution in [-0.4, -0.2) is 31.0 Å². The van der Waals surface area contributed by atoms with Gasteiger partial charge in [0, 0.05) is 0 Å². The third-order valence-corrected chi connectivity index (χ3v) is 3.65. The minimum absolute atomic E-state index is 0.0707. The topological polar surface area (TPSA) is 89.8 Å². The summed E-state index contributed by atoms with van der Waals surface area (Å²) in [5, 5.41) is 15.1. The van der Waals surface area contributed by atoms with Crippen molar-refractivity contribution in [1.82, 2.24) is 19.7 Å². The number of nitrogens with zero attached hydrogens (tertiary/aromatic N) is 4. The third kappa shape index (κ3) is 3.07. The van der Waals surface area contributed by atoms with Crippen LogP contribution >= 0.6 is 0 Å². The molecule has 2 rings (SSSR count). The lowest BCUT2D eigenvalue weighted by Gasteiger charge is -2.21. The van der Waals surface area contributed by atoms with E-state index < -0.39 is 6.10 Å². The lowest BCUT2D eigenvalue weighted by molar-refractivity contribution is 0.118. The van der Waals surface area contributed by atoms with Crippen molar-refractivity contribution in [1.29, 1.82) is 0 Å². The summed E-state index contributed by atoms with van der Waals surface area (Å²) in [7, 11) is 0. The molecule has 0 radical (unpaired) electrons. The van der Waals surface area contributed by atoms with Crippen molar-refractivity contribution in [3.8, 4) is 0 Å². The lowest BCUT2D eigenvalue weighted by Crippen LogP contribution is -2.22. The summed E-state index contributed by atoms with van der Waals surface area (Å²) in [6.07, 6.45) is 8.20. The fourth-order valence-corrected chi connectivity index (χ4v) is 2.47. The maximum Gasteiger partial charge on any atom is 0.163 e. The number of rotatable bonds is 7. The monoisotopic (exact) mass is 277 g/mol. The molecule has 0 aromatic carbocycles. The van der Waals surface area contributed by atoms with E-state index in [0.29, 0.717) is 11.5 Å². The predicted molar refractivity (Wildman–Crippen MR) is 79.2 cm³/mol. The smallest absolute Gasteiger partial charge is 0.163 e. The minimum Gasteiger partial charge on any atom is -0.391 e. The maximum atomic E-state index is 10.0. The third-order valence-electron chi connectivity index (χ3n) is 3.65. The molecule has 20 heavy (non-hydrogen) atoms. The molecule has 0 bridgehead atoms. The van der Waals surface area contributed by atoms with Gasteiger partial charge in [-0.3, -0.25) is 0 Å². The molecule has 110 valence electrons. The van der Waals surface area contributed by atoms with Gasteiger partial charge in [-0.15, -0.1) is 0 Å². The van der Waals surface area contributed by atoms with E-state index in [1.807, 2.05) is 0 Å². The molecular formula is C14H23N5O. The predicted octanol–water partition coefficient (Wildman–Crippen LogP) is 2.30. The van der Waals surface area contributed by atoms with Crippen LogP contribution in [0.4, 0.5) is 5.82 Å². The van der Waals surface area contributed by atoms with Crippen molar-refractivity contribution in [3.05, 3.63) is 12.5 Å². The zero-order valence-corrected chi connectivity index (χ0v) is 12.2. The molecule has 2 aromatic heterocycles. The zero-order valence-electron chi connectivity index (χ0n) is 12.2. The molecule has 0 amide bonds. The Morgan fingerprint density at radius 1 is 1.30 bits per heavy atom. The first-order valence-electron chi connectivity index (χ1n) is 7.27. The van der Waals surface area contributed by atoms with Crippen LogP contribution in [-0.2, 0) is 0 Å². The van der Waals surface area contributed by atoms with Crippen molar-refractivity contribution in [3.63, 3.8) is 0 Å². The van der Waals surface area contributed by atoms with E-state index in [1.54, 1.807) is 17.8 Å². The van der Waals surface area contributed by atoms with E-state index in [1.165, 1.54) is 25.6 Å². The first kappa shape index (κ1) is 14.7. The number of unbranched alkanes of at least 4 members (excludes halogenated alkanes) is 3. The Bertz CT molecular complexity index is 551. The number of nitrogen functional groups attached to an aromatic ring is 1. The van der Waals surface area contributed by atoms with E-state index in [0.717, 1.165) is 18.2 Å². The van der Waals surface area contributed by atoms with Crippen molar-refractivity contribution >= 4 is 16.9 Å². The number of aromatic nitrogens is 4. The average Bonchev–Trinajstić information content (AvgIpc) is 2.84. The lowest BCUT2D eigenvalue weighted by atomic mass is 10.0. The molecule has 2 unspecified atom stereocenters. The Balaban J connectivity index is 2.21. The Hall–Kier alpha value is -1.69. The van der Waals surface area contributed by atoms with Crippen molar-refractivity contribution in [2.75, 3.05) is 5.73 Å². The number of fused-ring (bicyclic) bond motifs is 1. The Morgan fingerprint density at radius 2 is 2.10 bits per heavy atom. The normalized spacial score (nSPS) is 14.6. The molecule has 0 saturated carbocycles. The molecule has 0 aliphatic rings. The van der Waals surface area contributed by atoms with Crippen molar-refractivity contribution in [2.24, 2.45) is 0 Å². The summed E-state index contributed by atoms with van der Waals surface area (Å²) in [5.41, 5.74) is 6.51. The summed E-state index contributed by atoms with van der Waals surface area (Å²) in [4.78, 5) is 8.21. The Labute approximate surface area is 119 Å². The first-order valence-corrected chi connectivity index (χ1v) is 7.27. The maximum absolute atomic E-state index is 10.0. The highest BCUT2D eigenvalue weighted by atomic mass is 16.3. The summed E-state index contributed by atoms with van der Waals surface area (Å²) in [5.74, 6) is 0.427. The van der Waals surface area contributed by atoms with Gasteiger partial charge in [0.2, 0.25) is 0 Å². The van der Waals surface area contributed by atoms with Crippen LogP contribution in [0, 0.1) is 0 Å². The van der Waals surface area contributed by atoms with Gasteiger partial charge in [-0.1, -0.05) is 32.6 Å². The first-order chi connectivity index (χ1) is 9.65. The van der Waals surface area contributed by atoms with Gasteiger partial charge >= 0.3 is 0 Å². The van der Waals surface area contributed by atoms with Crippen LogP contribution in [0.15, 0.2) is 12.5 Å². The highest BCUT2D eigenvalue weighted by Crippen LogP contribution is 2.25. The number of nitrogens with two attached hydrogens (primary N) is 1. The zero-order chi connectivity index (χ0) is 14.5. The number of hydrogen-bond donors (Lipinski definition) is 2. The van der Waals surface area contributed by atoms with Gasteiger partial charge in [-0.2, -0.15) is 5.10 Å². The van der Waals surface area contributed by atoms with Gasteiger partial charge in [0.05, 0.1) is 23.7 Å². The minimum atomic E-state index is -0.476. The fraction of sp³-hybridized carbons (Fsp3) is 0.643. The summed E-state index contributed by atoms with van der Waals surface area (Å²) < 4.78 is 1.78. The van der Waals surface area contributed by atoms with Crippen LogP contribution in [0.5, 0.6) is 0 Å². The number of aliphatic hydroxyl groups is 1. The van der Waals surface area contributed by atoms with E-state index >= 15 is 0 Å². The molecule has 2 aromatic rings. The largest absolute Gasteiger partial charge is 0.391 e. The second-order valence-electron chi connectivity index (χ2n) is 5.24. The van der Waals surface area contributed by atoms with Gasteiger partial charge in [-0.05, 0) is 13.3 Å². The van der Waals surface area contributed by atoms with E-state index in [4.69, 9.17) is 5.73 Å². The number of anilines is 1. The van der Waals surface area contributed by atoms with Crippen molar-refractivity contribution in [2.45, 2.75) is 58.1 Å². The molecule has 0 aliphatic heterocycles. The van der Waals surface area contributed by atoms with Gasteiger partial charge in [0.25, 0.3) is 0 Å². The standard InChI is InChI=1S/C14H23N5O/c1-3-4-5-6-7-12(10(2)20)19-14-11(8-18-19)13(15)16-9-17-14/h8-10,12,20H,3-7H2,1-2H3,(H2,15,16,17). The van der Waals surface area contributed by atoms with Gasteiger partial charge in [0.15, 0.2) is 5.65 Å². The van der Waals surface area contributed by atoms with E-state index in [-0.39, 0.29) is 6.04 Å². The second kappa shape index (κ2) is 6.65. The molecule has 2 heterocycles. The highest BCUT2D eigenvalue weighted by molar-refractivity contribution is 5.84. The van der Waals surface area contributed by atoms with Crippen LogP contribution in [0.25, 0.3) is 11.0 Å². The summed E-state index contributed by atoms with van der Waals surface area (Å²) in [6.45, 7) is 3.98. The van der Waals surface area contributed by atoms with Gasteiger partial charge in [-0.25, -0.2) is 14.6 Å². The van der Waals surface area contributed by atoms with Crippen molar-refractivity contribution < 1.29 is 5.11 Å². The van der Waals surface area contributed by atoms with Crippen LogP contribution < -0.4 is 5.73 Å². The van der Waals surface area contributed by atoms with Crippen LogP contribution in [0.3, 0.4) is 0 Å². The Morgan fingerprint density at radius 3 is 2.80 bits per heavy atom. The molecule has 0 spiro atoms. The second-order valence-corrected chi connectivity index (χ2v) is 5.24. The SMILES string of the molecule is CCCCCCC(C(C)O)n1ncc2c(N)ncnc21. The molecule has 3 N–H and O–H groups in total. The van der Waals surface area contributed by atoms with Gasteiger partial charge in [0.1, 0.15) is 12.1 Å². The number of hydrogen-bond acceptors (Lipinski definition) is 5. The highest BCUT2D eigenvalue weighted by Gasteiger charge is 2.21. The summed E-state index contributed by atoms with van der Waals surface area (Å²) >= 11 is 0. The fourth-order valence-electron chi connectivity index (χ4n) is 2.47. The molecule has 6 heteroatoms. The van der Waals surface area contributed by atoms with Crippen LogP contribution in [0.2, 0.25) is 0 Å². The average molecular weight is 277 g/mol. The molecule has 2 atom stereocenters.